The van der Waals surface area contributed by atoms with Gasteiger partial charge in [-0.15, -0.1) is 17.5 Å². The van der Waals surface area contributed by atoms with E-state index in [1.54, 1.807) is 24.3 Å². The lowest BCUT2D eigenvalue weighted by Crippen LogP contribution is -2.44. The molecule has 0 atom stereocenters. The van der Waals surface area contributed by atoms with Crippen LogP contribution in [-0.4, -0.2) is 72.8 Å². The number of ether oxygens (including phenoxy) is 2. The van der Waals surface area contributed by atoms with Crippen molar-refractivity contribution >= 4 is 24.2 Å². The van der Waals surface area contributed by atoms with Crippen molar-refractivity contribution < 1.29 is 19.4 Å². The number of benzene rings is 1. The molecule has 2 aliphatic heterocycles. The number of amides is 1. The van der Waals surface area contributed by atoms with E-state index in [1.165, 1.54) is 5.01 Å². The number of aromatic hydroxyl groups is 1. The molecule has 8 heteroatoms. The molecule has 1 amide bonds. The number of phenolic OH excluding ortho intramolecular Hbond substituents is 1. The van der Waals surface area contributed by atoms with E-state index >= 15 is 0 Å². The average molecular weight is 342 g/mol. The topological polar surface area (TPSA) is 74.6 Å². The van der Waals surface area contributed by atoms with Gasteiger partial charge in [-0.2, -0.15) is 0 Å². The summed E-state index contributed by atoms with van der Waals surface area (Å²) < 4.78 is 10.6. The van der Waals surface area contributed by atoms with Crippen molar-refractivity contribution in [3.05, 3.63) is 29.8 Å². The number of hydrogen-bond acceptors (Lipinski definition) is 6. The van der Waals surface area contributed by atoms with E-state index in [1.807, 2.05) is 0 Å². The summed E-state index contributed by atoms with van der Waals surface area (Å²) in [4.78, 5) is 14.2. The van der Waals surface area contributed by atoms with Crippen LogP contribution in [0.1, 0.15) is 5.56 Å². The fourth-order valence-corrected chi connectivity index (χ4v) is 2.42. The van der Waals surface area contributed by atoms with E-state index < -0.39 is 0 Å². The summed E-state index contributed by atoms with van der Waals surface area (Å²) >= 11 is 0. The Bertz CT molecular complexity index is 576. The van der Waals surface area contributed by atoms with Crippen molar-refractivity contribution in [3.8, 4) is 5.75 Å². The molecule has 7 nitrogen and oxygen atoms in total. The first-order valence-corrected chi connectivity index (χ1v) is 7.34. The van der Waals surface area contributed by atoms with Gasteiger partial charge in [0.2, 0.25) is 5.90 Å². The maximum absolute atomic E-state index is 11.9. The van der Waals surface area contributed by atoms with Gasteiger partial charge in [0.15, 0.2) is 6.61 Å². The molecule has 0 radical (unpaired) electrons. The van der Waals surface area contributed by atoms with Gasteiger partial charge in [0, 0.05) is 19.6 Å². The second kappa shape index (κ2) is 8.14. The van der Waals surface area contributed by atoms with Gasteiger partial charge in [0.25, 0.3) is 5.91 Å². The van der Waals surface area contributed by atoms with Gasteiger partial charge in [-0.25, -0.2) is 5.01 Å². The maximum Gasteiger partial charge on any atom is 0.280 e. The molecule has 0 unspecified atom stereocenters. The Kier molecular flexibility index (Phi) is 6.20. The summed E-state index contributed by atoms with van der Waals surface area (Å²) in [6, 6.07) is 6.79. The Hall–Kier alpha value is -1.83. The van der Waals surface area contributed by atoms with Crippen molar-refractivity contribution in [2.45, 2.75) is 0 Å². The number of rotatable bonds is 4. The van der Waals surface area contributed by atoms with Crippen LogP contribution < -0.4 is 0 Å². The first-order valence-electron chi connectivity index (χ1n) is 7.34. The molecule has 2 heterocycles. The molecule has 0 aliphatic carbocycles. The number of morpholine rings is 1. The molecule has 0 spiro atoms. The normalized spacial score (nSPS) is 18.9. The Morgan fingerprint density at radius 2 is 1.91 bits per heavy atom. The highest BCUT2D eigenvalue weighted by Crippen LogP contribution is 2.19. The van der Waals surface area contributed by atoms with Gasteiger partial charge in [0.1, 0.15) is 5.75 Å². The third-order valence-electron chi connectivity index (χ3n) is 3.70. The highest BCUT2D eigenvalue weighted by Gasteiger charge is 2.24. The van der Waals surface area contributed by atoms with Crippen LogP contribution in [0, 0.1) is 0 Å². The Morgan fingerprint density at radius 1 is 1.17 bits per heavy atom. The summed E-state index contributed by atoms with van der Waals surface area (Å²) in [6.07, 6.45) is 0. The second-order valence-corrected chi connectivity index (χ2v) is 5.18. The van der Waals surface area contributed by atoms with Crippen LogP contribution in [0.25, 0.3) is 0 Å². The monoisotopic (exact) mass is 341 g/mol. The fraction of sp³-hybridized carbons (Fsp3) is 0.467. The van der Waals surface area contributed by atoms with Gasteiger partial charge >= 0.3 is 0 Å². The minimum absolute atomic E-state index is 0. The number of nitrogens with zero attached hydrogens (tertiary/aromatic N) is 3. The molecule has 1 N–H and O–H groups in total. The number of carbonyl (C=O) groups is 1. The van der Waals surface area contributed by atoms with Gasteiger partial charge in [-0.05, 0) is 12.1 Å². The summed E-state index contributed by atoms with van der Waals surface area (Å²) in [5.74, 6) is 0.191. The fourth-order valence-electron chi connectivity index (χ4n) is 2.42. The van der Waals surface area contributed by atoms with E-state index in [-0.39, 0.29) is 36.6 Å². The zero-order chi connectivity index (χ0) is 15.4. The predicted molar refractivity (Wildman–Crippen MR) is 86.8 cm³/mol. The zero-order valence-corrected chi connectivity index (χ0v) is 13.5. The number of hydrogen-bond donors (Lipinski definition) is 1. The lowest BCUT2D eigenvalue weighted by Gasteiger charge is -2.29. The number of phenols is 1. The molecule has 3 rings (SSSR count). The third-order valence-corrected chi connectivity index (χ3v) is 3.70. The van der Waals surface area contributed by atoms with E-state index in [9.17, 15) is 9.90 Å². The minimum Gasteiger partial charge on any atom is -0.507 e. The van der Waals surface area contributed by atoms with E-state index in [2.05, 4.69) is 10.0 Å². The first-order chi connectivity index (χ1) is 10.7. The standard InChI is InChI=1S/C15H19N3O4.ClH/c19-13-4-2-1-3-12(13)15-16-18(14(20)11-22-15)6-5-17-7-9-21-10-8-17;/h1-4,19H,5-11H2;1H. The third kappa shape index (κ3) is 4.34. The minimum atomic E-state index is -0.174. The molecule has 23 heavy (non-hydrogen) atoms. The molecule has 0 saturated carbocycles. The van der Waals surface area contributed by atoms with E-state index in [0.717, 1.165) is 32.8 Å². The molecule has 1 aromatic rings. The second-order valence-electron chi connectivity index (χ2n) is 5.18. The Balaban J connectivity index is 0.00000192. The largest absolute Gasteiger partial charge is 0.507 e. The molecule has 0 bridgehead atoms. The van der Waals surface area contributed by atoms with Crippen molar-refractivity contribution in [1.82, 2.24) is 9.91 Å². The molecule has 1 aromatic carbocycles. The number of carbonyl (C=O) groups excluding carboxylic acids is 1. The Morgan fingerprint density at radius 3 is 2.65 bits per heavy atom. The van der Waals surface area contributed by atoms with Gasteiger partial charge < -0.3 is 14.6 Å². The lowest BCUT2D eigenvalue weighted by atomic mass is 10.2. The zero-order valence-electron chi connectivity index (χ0n) is 12.7. The van der Waals surface area contributed by atoms with Crippen LogP contribution >= 0.6 is 12.4 Å². The van der Waals surface area contributed by atoms with Crippen LogP contribution in [0.2, 0.25) is 0 Å². The molecular weight excluding hydrogens is 322 g/mol. The number of para-hydroxylation sites is 1. The smallest absolute Gasteiger partial charge is 0.280 e. The predicted octanol–water partition coefficient (Wildman–Crippen LogP) is 0.667. The van der Waals surface area contributed by atoms with Crippen molar-refractivity contribution in [2.75, 3.05) is 46.0 Å². The number of halogens is 1. The summed E-state index contributed by atoms with van der Waals surface area (Å²) in [5, 5.41) is 15.5. The number of hydrazone groups is 1. The molecule has 1 fully saturated rings. The van der Waals surface area contributed by atoms with Crippen molar-refractivity contribution in [1.29, 1.82) is 0 Å². The molecular formula is C15H20ClN3O4. The molecule has 2 aliphatic rings. The van der Waals surface area contributed by atoms with Crippen LogP contribution in [0.3, 0.4) is 0 Å². The van der Waals surface area contributed by atoms with Crippen LogP contribution in [0.15, 0.2) is 29.4 Å². The quantitative estimate of drug-likeness (QED) is 0.871. The highest BCUT2D eigenvalue weighted by molar-refractivity contribution is 5.99. The first kappa shape index (κ1) is 17.5. The molecule has 0 aromatic heterocycles. The lowest BCUT2D eigenvalue weighted by molar-refractivity contribution is -0.136. The van der Waals surface area contributed by atoms with E-state index in [0.29, 0.717) is 12.1 Å². The maximum atomic E-state index is 11.9. The van der Waals surface area contributed by atoms with E-state index in [4.69, 9.17) is 9.47 Å². The molecule has 1 saturated heterocycles. The highest BCUT2D eigenvalue weighted by atomic mass is 35.5. The summed E-state index contributed by atoms with van der Waals surface area (Å²) in [7, 11) is 0. The van der Waals surface area contributed by atoms with Gasteiger partial charge in [-0.3, -0.25) is 9.69 Å². The summed E-state index contributed by atoms with van der Waals surface area (Å²) in [5.41, 5.74) is 0.492. The van der Waals surface area contributed by atoms with Crippen molar-refractivity contribution in [2.24, 2.45) is 5.10 Å². The van der Waals surface area contributed by atoms with Gasteiger partial charge in [-0.1, -0.05) is 12.1 Å². The van der Waals surface area contributed by atoms with Crippen molar-refractivity contribution in [3.63, 3.8) is 0 Å². The Labute approximate surface area is 140 Å². The van der Waals surface area contributed by atoms with Crippen LogP contribution in [-0.2, 0) is 14.3 Å². The average Bonchev–Trinajstić information content (AvgIpc) is 2.56. The molecule has 126 valence electrons. The van der Waals surface area contributed by atoms with Crippen LogP contribution in [0.4, 0.5) is 0 Å². The SMILES string of the molecule is Cl.O=C1COC(c2ccccc2O)=NN1CCN1CCOCC1. The van der Waals surface area contributed by atoms with Crippen LogP contribution in [0.5, 0.6) is 5.75 Å². The summed E-state index contributed by atoms with van der Waals surface area (Å²) in [6.45, 7) is 4.37. The van der Waals surface area contributed by atoms with Gasteiger partial charge in [0.05, 0.1) is 25.3 Å².